The van der Waals surface area contributed by atoms with Gasteiger partial charge in [-0.15, -0.1) is 0 Å². The number of carbonyl (C=O) groups excluding carboxylic acids is 1. The van der Waals surface area contributed by atoms with Crippen LogP contribution in [0.4, 0.5) is 10.1 Å². The number of aliphatic imine (C=N–C) groups is 1. The fourth-order valence-corrected chi connectivity index (χ4v) is 2.43. The van der Waals surface area contributed by atoms with Crippen molar-refractivity contribution in [3.63, 3.8) is 0 Å². The predicted octanol–water partition coefficient (Wildman–Crippen LogP) is 2.76. The number of nitrogens with zero attached hydrogens (tertiary/aromatic N) is 2. The minimum Gasteiger partial charge on any atom is -0.384 e. The highest BCUT2D eigenvalue weighted by Crippen LogP contribution is 2.49. The van der Waals surface area contributed by atoms with Crippen molar-refractivity contribution in [1.29, 1.82) is 0 Å². The molecule has 0 atom stereocenters. The molecule has 0 radical (unpaired) electrons. The Hall–Kier alpha value is -3.02. The molecule has 6 heteroatoms. The monoisotopic (exact) mass is 324 g/mol. The molecule has 0 bridgehead atoms. The molecule has 24 heavy (non-hydrogen) atoms. The highest BCUT2D eigenvalue weighted by molar-refractivity contribution is 6.04. The van der Waals surface area contributed by atoms with E-state index in [0.717, 1.165) is 5.69 Å². The summed E-state index contributed by atoms with van der Waals surface area (Å²) in [5.74, 6) is -0.883. The molecule has 1 aromatic heterocycles. The van der Waals surface area contributed by atoms with Crippen molar-refractivity contribution < 1.29 is 9.18 Å². The van der Waals surface area contributed by atoms with Gasteiger partial charge in [-0.1, -0.05) is 18.2 Å². The number of nitrogens with one attached hydrogen (secondary N) is 1. The van der Waals surface area contributed by atoms with Crippen molar-refractivity contribution in [2.45, 2.75) is 18.3 Å². The van der Waals surface area contributed by atoms with Crippen LogP contribution in [-0.4, -0.2) is 16.7 Å². The van der Waals surface area contributed by atoms with Crippen molar-refractivity contribution in [2.75, 3.05) is 5.32 Å². The fourth-order valence-electron chi connectivity index (χ4n) is 2.43. The number of anilines is 1. The average molecular weight is 324 g/mol. The zero-order valence-electron chi connectivity index (χ0n) is 12.9. The van der Waals surface area contributed by atoms with Crippen LogP contribution < -0.4 is 11.1 Å². The average Bonchev–Trinajstić information content (AvgIpc) is 3.38. The second-order valence-corrected chi connectivity index (χ2v) is 5.60. The van der Waals surface area contributed by atoms with E-state index in [1.807, 2.05) is 30.3 Å². The molecule has 0 spiro atoms. The maximum absolute atomic E-state index is 13.9. The molecule has 1 aliphatic rings. The van der Waals surface area contributed by atoms with E-state index in [0.29, 0.717) is 12.8 Å². The molecule has 1 aromatic carbocycles. The maximum atomic E-state index is 13.9. The summed E-state index contributed by atoms with van der Waals surface area (Å²) in [7, 11) is 0. The molecule has 1 heterocycles. The number of carbonyl (C=O) groups is 1. The van der Waals surface area contributed by atoms with Gasteiger partial charge in [0.1, 0.15) is 11.7 Å². The predicted molar refractivity (Wildman–Crippen MR) is 90.9 cm³/mol. The summed E-state index contributed by atoms with van der Waals surface area (Å²) in [6.45, 7) is 0. The molecular weight excluding hydrogens is 307 g/mol. The van der Waals surface area contributed by atoms with Crippen LogP contribution >= 0.6 is 0 Å². The third-order valence-electron chi connectivity index (χ3n) is 3.88. The van der Waals surface area contributed by atoms with E-state index in [-0.39, 0.29) is 11.5 Å². The topological polar surface area (TPSA) is 80.4 Å². The van der Waals surface area contributed by atoms with Crippen molar-refractivity contribution in [3.8, 4) is 0 Å². The minimum atomic E-state index is -0.962. The zero-order chi connectivity index (χ0) is 17.0. The molecule has 0 saturated heterocycles. The number of pyridine rings is 1. The number of rotatable bonds is 5. The van der Waals surface area contributed by atoms with E-state index in [1.54, 1.807) is 6.20 Å². The second kappa shape index (κ2) is 6.62. The fraction of sp³-hybridized carbons (Fsp3) is 0.167. The molecule has 3 rings (SSSR count). The van der Waals surface area contributed by atoms with E-state index in [9.17, 15) is 9.18 Å². The lowest BCUT2D eigenvalue weighted by Gasteiger charge is -2.11. The number of hydrogen-bond acceptors (Lipinski definition) is 3. The van der Waals surface area contributed by atoms with Gasteiger partial charge in [-0.3, -0.25) is 9.78 Å². The van der Waals surface area contributed by atoms with Crippen LogP contribution in [0.25, 0.3) is 0 Å². The third kappa shape index (κ3) is 3.32. The first-order valence-electron chi connectivity index (χ1n) is 7.59. The highest BCUT2D eigenvalue weighted by Gasteiger charge is 2.54. The number of amidine groups is 1. The number of nitrogens with two attached hydrogens (primary N) is 1. The number of aromatic nitrogens is 1. The molecule has 5 nitrogen and oxygen atoms in total. The van der Waals surface area contributed by atoms with Crippen LogP contribution in [0.3, 0.4) is 0 Å². The van der Waals surface area contributed by atoms with E-state index in [1.165, 1.54) is 24.4 Å². The van der Waals surface area contributed by atoms with Crippen molar-refractivity contribution in [1.82, 2.24) is 4.98 Å². The normalized spacial score (nSPS) is 16.1. The van der Waals surface area contributed by atoms with Crippen molar-refractivity contribution >= 4 is 17.4 Å². The van der Waals surface area contributed by atoms with Gasteiger partial charge in [-0.25, -0.2) is 4.39 Å². The van der Waals surface area contributed by atoms with Crippen LogP contribution in [0.1, 0.15) is 18.5 Å². The highest BCUT2D eigenvalue weighted by atomic mass is 19.1. The Bertz CT molecular complexity index is 798. The van der Waals surface area contributed by atoms with Gasteiger partial charge in [-0.05, 0) is 43.2 Å². The van der Waals surface area contributed by atoms with E-state index in [4.69, 9.17) is 5.73 Å². The molecule has 1 saturated carbocycles. The minimum absolute atomic E-state index is 0.0612. The molecular formula is C18H17FN4O. The Morgan fingerprint density at radius 2 is 2.00 bits per heavy atom. The number of amides is 1. The first-order chi connectivity index (χ1) is 11.6. The van der Waals surface area contributed by atoms with E-state index >= 15 is 0 Å². The molecule has 3 N–H and O–H groups in total. The van der Waals surface area contributed by atoms with E-state index in [2.05, 4.69) is 15.3 Å². The van der Waals surface area contributed by atoms with Gasteiger partial charge in [-0.2, -0.15) is 4.99 Å². The SMILES string of the molecule is NC(/C=C\Nc1ccccc1)=NC(=O)C1(c2ncccc2F)CC1. The van der Waals surface area contributed by atoms with Crippen LogP contribution in [0, 0.1) is 5.82 Å². The Balaban J connectivity index is 1.69. The van der Waals surface area contributed by atoms with Gasteiger partial charge in [0.15, 0.2) is 0 Å². The Labute approximate surface area is 139 Å². The van der Waals surface area contributed by atoms with Crippen LogP contribution in [0.2, 0.25) is 0 Å². The summed E-state index contributed by atoms with van der Waals surface area (Å²) in [5.41, 5.74) is 5.85. The lowest BCUT2D eigenvalue weighted by Crippen LogP contribution is -2.24. The Kier molecular flexibility index (Phi) is 4.37. The first-order valence-corrected chi connectivity index (χ1v) is 7.59. The largest absolute Gasteiger partial charge is 0.384 e. The number of halogens is 1. The standard InChI is InChI=1S/C18H17FN4O/c19-14-7-4-11-22-16(14)18(9-10-18)17(24)23-15(20)8-12-21-13-5-2-1-3-6-13/h1-8,11-12,21H,9-10H2,(H2,20,23,24)/b12-8-. The summed E-state index contributed by atoms with van der Waals surface area (Å²) in [4.78, 5) is 20.3. The van der Waals surface area contributed by atoms with Gasteiger partial charge in [0, 0.05) is 18.1 Å². The van der Waals surface area contributed by atoms with Gasteiger partial charge < -0.3 is 11.1 Å². The molecule has 122 valence electrons. The molecule has 1 fully saturated rings. The quantitative estimate of drug-likeness (QED) is 0.654. The maximum Gasteiger partial charge on any atom is 0.259 e. The molecule has 0 aliphatic heterocycles. The van der Waals surface area contributed by atoms with Gasteiger partial charge in [0.25, 0.3) is 5.91 Å². The summed E-state index contributed by atoms with van der Waals surface area (Å²) in [5, 5.41) is 3.02. The van der Waals surface area contributed by atoms with Gasteiger partial charge >= 0.3 is 0 Å². The van der Waals surface area contributed by atoms with Crippen molar-refractivity contribution in [2.24, 2.45) is 10.7 Å². The summed E-state index contributed by atoms with van der Waals surface area (Å²) >= 11 is 0. The van der Waals surface area contributed by atoms with Gasteiger partial charge in [0.2, 0.25) is 0 Å². The van der Waals surface area contributed by atoms with Gasteiger partial charge in [0.05, 0.1) is 11.1 Å². The third-order valence-corrected chi connectivity index (χ3v) is 3.88. The lowest BCUT2D eigenvalue weighted by atomic mass is 10.0. The number of benzene rings is 1. The summed E-state index contributed by atoms with van der Waals surface area (Å²) in [6, 6.07) is 12.3. The smallest absolute Gasteiger partial charge is 0.259 e. The molecule has 1 amide bonds. The first kappa shape index (κ1) is 15.9. The number of hydrogen-bond donors (Lipinski definition) is 2. The van der Waals surface area contributed by atoms with E-state index < -0.39 is 17.1 Å². The second-order valence-electron chi connectivity index (χ2n) is 5.60. The number of para-hydroxylation sites is 1. The Morgan fingerprint density at radius 3 is 2.67 bits per heavy atom. The van der Waals surface area contributed by atoms with Crippen LogP contribution in [0.15, 0.2) is 65.9 Å². The summed E-state index contributed by atoms with van der Waals surface area (Å²) in [6.07, 6.45) is 5.63. The summed E-state index contributed by atoms with van der Waals surface area (Å²) < 4.78 is 13.9. The van der Waals surface area contributed by atoms with Crippen LogP contribution in [0.5, 0.6) is 0 Å². The molecule has 0 unspecified atom stereocenters. The zero-order valence-corrected chi connectivity index (χ0v) is 12.9. The lowest BCUT2D eigenvalue weighted by molar-refractivity contribution is -0.120. The van der Waals surface area contributed by atoms with Crippen molar-refractivity contribution in [3.05, 3.63) is 72.4 Å². The Morgan fingerprint density at radius 1 is 1.25 bits per heavy atom. The molecule has 1 aliphatic carbocycles. The van der Waals surface area contributed by atoms with Crippen LogP contribution in [-0.2, 0) is 10.2 Å². The molecule has 2 aromatic rings.